The first kappa shape index (κ1) is 27.0. The number of hydrogen-bond acceptors (Lipinski definition) is 7. The second kappa shape index (κ2) is 12.9. The van der Waals surface area contributed by atoms with E-state index < -0.39 is 19.5 Å². The van der Waals surface area contributed by atoms with Gasteiger partial charge in [0.25, 0.3) is 0 Å². The van der Waals surface area contributed by atoms with Gasteiger partial charge < -0.3 is 28.6 Å². The molecule has 3 rings (SSSR count). The lowest BCUT2D eigenvalue weighted by atomic mass is 10.1. The van der Waals surface area contributed by atoms with E-state index in [0.717, 1.165) is 5.56 Å². The third-order valence-corrected chi connectivity index (χ3v) is 7.19. The number of amides is 1. The van der Waals surface area contributed by atoms with E-state index in [1.165, 1.54) is 0 Å². The average molecular weight is 514 g/mol. The first-order valence-corrected chi connectivity index (χ1v) is 13.2. The van der Waals surface area contributed by atoms with E-state index in [1.54, 1.807) is 62.8 Å². The second-order valence-electron chi connectivity index (χ2n) is 8.42. The van der Waals surface area contributed by atoms with Crippen LogP contribution in [0.4, 0.5) is 4.79 Å². The Balaban J connectivity index is 1.86. The zero-order valence-electron chi connectivity index (χ0n) is 20.9. The number of methoxy groups -OCH3 is 2. The van der Waals surface area contributed by atoms with Crippen molar-refractivity contribution in [1.29, 1.82) is 0 Å². The molecule has 3 aromatic rings. The standard InChI is InChI=1S/C27H32NO7P/c1-20(2)18-26(28-27(29)33-19-21-8-6-5-7-9-21)36(30,34-24-14-10-22(31-3)11-15-24)35-25-16-12-23(32-4)13-17-25/h5-17,20,26H,18-19H2,1-4H3,(H,28,29)/t26-/m0/s1. The summed E-state index contributed by atoms with van der Waals surface area (Å²) in [5.74, 6) is 0.938. The zero-order chi connectivity index (χ0) is 26.0. The van der Waals surface area contributed by atoms with Gasteiger partial charge in [0, 0.05) is 0 Å². The highest BCUT2D eigenvalue weighted by molar-refractivity contribution is 7.55. The molecule has 0 aliphatic carbocycles. The van der Waals surface area contributed by atoms with Gasteiger partial charge in [0.15, 0.2) is 5.78 Å². The number of carbonyl (C=O) groups is 1. The van der Waals surface area contributed by atoms with Gasteiger partial charge in [-0.05, 0) is 66.4 Å². The SMILES string of the molecule is COc1ccc(OP(=O)(Oc2ccc(OC)cc2)[C@@H](CC(C)C)NC(=O)OCc2ccccc2)cc1. The lowest BCUT2D eigenvalue weighted by Crippen LogP contribution is -2.38. The van der Waals surface area contributed by atoms with Crippen molar-refractivity contribution in [2.75, 3.05) is 14.2 Å². The van der Waals surface area contributed by atoms with Crippen LogP contribution in [0.15, 0.2) is 78.9 Å². The molecule has 0 radical (unpaired) electrons. The summed E-state index contributed by atoms with van der Waals surface area (Å²) in [6.45, 7) is 3.98. The van der Waals surface area contributed by atoms with Crippen LogP contribution in [0.5, 0.6) is 23.0 Å². The van der Waals surface area contributed by atoms with Crippen LogP contribution in [0.3, 0.4) is 0 Å². The highest BCUT2D eigenvalue weighted by Crippen LogP contribution is 2.54. The molecule has 3 aromatic carbocycles. The Hall–Kier alpha value is -3.64. The van der Waals surface area contributed by atoms with Crippen LogP contribution < -0.4 is 23.8 Å². The number of benzene rings is 3. The lowest BCUT2D eigenvalue weighted by molar-refractivity contribution is 0.136. The number of hydrogen-bond donors (Lipinski definition) is 1. The molecule has 0 aliphatic rings. The van der Waals surface area contributed by atoms with Gasteiger partial charge in [0.05, 0.1) is 14.2 Å². The molecular weight excluding hydrogens is 481 g/mol. The molecule has 8 nitrogen and oxygen atoms in total. The highest BCUT2D eigenvalue weighted by atomic mass is 31.2. The number of ether oxygens (including phenoxy) is 3. The summed E-state index contributed by atoms with van der Waals surface area (Å²) in [5.41, 5.74) is 0.834. The van der Waals surface area contributed by atoms with Crippen molar-refractivity contribution in [2.24, 2.45) is 5.92 Å². The van der Waals surface area contributed by atoms with Gasteiger partial charge in [-0.25, -0.2) is 9.36 Å². The van der Waals surface area contributed by atoms with E-state index in [0.29, 0.717) is 29.4 Å². The minimum absolute atomic E-state index is 0.0664. The molecule has 0 bridgehead atoms. The van der Waals surface area contributed by atoms with E-state index in [1.807, 2.05) is 44.2 Å². The van der Waals surface area contributed by atoms with Crippen molar-refractivity contribution < 1.29 is 32.6 Å². The normalized spacial score (nSPS) is 11.9. The summed E-state index contributed by atoms with van der Waals surface area (Å²) in [7, 11) is -0.912. The van der Waals surface area contributed by atoms with Gasteiger partial charge in [-0.3, -0.25) is 0 Å². The average Bonchev–Trinajstić information content (AvgIpc) is 2.88. The fraction of sp³-hybridized carbons (Fsp3) is 0.296. The molecule has 1 N–H and O–H groups in total. The Bertz CT molecular complexity index is 1080. The predicted octanol–water partition coefficient (Wildman–Crippen LogP) is 6.65. The third kappa shape index (κ3) is 7.95. The maximum Gasteiger partial charge on any atom is 0.453 e. The number of alkyl carbamates (subject to hydrolysis) is 1. The van der Waals surface area contributed by atoms with Crippen LogP contribution in [0.25, 0.3) is 0 Å². The summed E-state index contributed by atoms with van der Waals surface area (Å²) >= 11 is 0. The molecule has 0 spiro atoms. The van der Waals surface area contributed by atoms with E-state index in [-0.39, 0.29) is 12.5 Å². The quantitative estimate of drug-likeness (QED) is 0.271. The summed E-state index contributed by atoms with van der Waals surface area (Å²) < 4.78 is 42.0. The third-order valence-electron chi connectivity index (χ3n) is 5.16. The molecule has 0 aliphatic heterocycles. The molecule has 0 fully saturated rings. The molecule has 192 valence electrons. The Labute approximate surface area is 212 Å². The Morgan fingerprint density at radius 2 is 1.25 bits per heavy atom. The van der Waals surface area contributed by atoms with Gasteiger partial charge in [-0.2, -0.15) is 0 Å². The van der Waals surface area contributed by atoms with Crippen LogP contribution in [0.2, 0.25) is 0 Å². The zero-order valence-corrected chi connectivity index (χ0v) is 21.8. The van der Waals surface area contributed by atoms with Crippen molar-refractivity contribution in [3.8, 4) is 23.0 Å². The minimum atomic E-state index is -4.02. The molecule has 0 unspecified atom stereocenters. The Morgan fingerprint density at radius 1 is 0.778 bits per heavy atom. The summed E-state index contributed by atoms with van der Waals surface area (Å²) in [4.78, 5) is 12.7. The van der Waals surface area contributed by atoms with Gasteiger partial charge in [-0.15, -0.1) is 0 Å². The van der Waals surface area contributed by atoms with Crippen molar-refractivity contribution in [1.82, 2.24) is 5.32 Å². The van der Waals surface area contributed by atoms with Gasteiger partial charge in [0.2, 0.25) is 0 Å². The molecule has 0 aromatic heterocycles. The summed E-state index contributed by atoms with van der Waals surface area (Å²) in [6.07, 6.45) is -0.397. The largest absolute Gasteiger partial charge is 0.497 e. The maximum absolute atomic E-state index is 14.3. The van der Waals surface area contributed by atoms with Crippen LogP contribution in [0, 0.1) is 5.92 Å². The summed E-state index contributed by atoms with van der Waals surface area (Å²) in [6, 6.07) is 22.6. The Kier molecular flexibility index (Phi) is 9.65. The monoisotopic (exact) mass is 513 g/mol. The maximum atomic E-state index is 14.3. The van der Waals surface area contributed by atoms with Crippen LogP contribution in [-0.2, 0) is 15.9 Å². The van der Waals surface area contributed by atoms with Crippen molar-refractivity contribution in [3.63, 3.8) is 0 Å². The van der Waals surface area contributed by atoms with E-state index in [2.05, 4.69) is 5.32 Å². The Morgan fingerprint density at radius 3 is 1.69 bits per heavy atom. The fourth-order valence-corrected chi connectivity index (χ4v) is 5.39. The van der Waals surface area contributed by atoms with Gasteiger partial charge >= 0.3 is 13.7 Å². The first-order chi connectivity index (χ1) is 17.3. The molecular formula is C27H32NO7P. The lowest BCUT2D eigenvalue weighted by Gasteiger charge is -2.29. The minimum Gasteiger partial charge on any atom is -0.497 e. The highest BCUT2D eigenvalue weighted by Gasteiger charge is 2.41. The molecule has 1 amide bonds. The van der Waals surface area contributed by atoms with Crippen molar-refractivity contribution in [3.05, 3.63) is 84.4 Å². The van der Waals surface area contributed by atoms with E-state index in [9.17, 15) is 9.36 Å². The summed E-state index contributed by atoms with van der Waals surface area (Å²) in [5, 5.41) is 2.72. The van der Waals surface area contributed by atoms with Gasteiger partial charge in [-0.1, -0.05) is 44.2 Å². The van der Waals surface area contributed by atoms with Crippen LogP contribution in [0.1, 0.15) is 25.8 Å². The second-order valence-corrected chi connectivity index (χ2v) is 10.5. The van der Waals surface area contributed by atoms with Crippen LogP contribution >= 0.6 is 7.60 Å². The van der Waals surface area contributed by atoms with Crippen LogP contribution in [-0.4, -0.2) is 26.1 Å². The smallest absolute Gasteiger partial charge is 0.453 e. The van der Waals surface area contributed by atoms with Crippen molar-refractivity contribution >= 4 is 13.7 Å². The van der Waals surface area contributed by atoms with Crippen molar-refractivity contribution in [2.45, 2.75) is 32.7 Å². The molecule has 0 heterocycles. The van der Waals surface area contributed by atoms with Gasteiger partial charge in [0.1, 0.15) is 29.6 Å². The number of carbonyl (C=O) groups excluding carboxylic acids is 1. The predicted molar refractivity (Wildman–Crippen MR) is 138 cm³/mol. The molecule has 0 saturated heterocycles. The van der Waals surface area contributed by atoms with E-state index in [4.69, 9.17) is 23.3 Å². The van der Waals surface area contributed by atoms with E-state index >= 15 is 0 Å². The molecule has 1 atom stereocenters. The molecule has 0 saturated carbocycles. The number of rotatable bonds is 12. The number of nitrogens with one attached hydrogen (secondary N) is 1. The fourth-order valence-electron chi connectivity index (χ4n) is 3.33. The molecule has 9 heteroatoms. The first-order valence-electron chi connectivity index (χ1n) is 11.6. The topological polar surface area (TPSA) is 92.3 Å². The molecule has 36 heavy (non-hydrogen) atoms.